The molecule has 0 saturated carbocycles. The van der Waals surface area contributed by atoms with E-state index in [0.717, 1.165) is 6.20 Å². The van der Waals surface area contributed by atoms with E-state index >= 15 is 0 Å². The number of halogens is 3. The van der Waals surface area contributed by atoms with Gasteiger partial charge in [-0.25, -0.2) is 0 Å². The highest BCUT2D eigenvalue weighted by molar-refractivity contribution is 6.10. The SMILES string of the molecule is O=CCn1cc(C(=O)C(F)(F)F)c2ccccc21. The van der Waals surface area contributed by atoms with Gasteiger partial charge in [0, 0.05) is 17.1 Å². The normalized spacial score (nSPS) is 11.7. The van der Waals surface area contributed by atoms with Crippen LogP contribution < -0.4 is 0 Å². The molecule has 18 heavy (non-hydrogen) atoms. The number of nitrogens with zero attached hydrogens (tertiary/aromatic N) is 1. The fraction of sp³-hybridized carbons (Fsp3) is 0.167. The van der Waals surface area contributed by atoms with Crippen LogP contribution >= 0.6 is 0 Å². The maximum absolute atomic E-state index is 12.4. The van der Waals surface area contributed by atoms with Crippen molar-refractivity contribution in [1.29, 1.82) is 0 Å². The van der Waals surface area contributed by atoms with Crippen molar-refractivity contribution in [1.82, 2.24) is 4.57 Å². The van der Waals surface area contributed by atoms with E-state index in [1.807, 2.05) is 0 Å². The minimum atomic E-state index is -4.92. The number of aromatic nitrogens is 1. The Hall–Kier alpha value is -2.11. The second kappa shape index (κ2) is 4.29. The zero-order valence-corrected chi connectivity index (χ0v) is 9.07. The number of aldehydes is 1. The van der Waals surface area contributed by atoms with Gasteiger partial charge in [-0.05, 0) is 6.07 Å². The molecule has 0 radical (unpaired) electrons. The first-order valence-electron chi connectivity index (χ1n) is 5.08. The van der Waals surface area contributed by atoms with Crippen molar-refractivity contribution in [2.24, 2.45) is 0 Å². The third-order valence-electron chi connectivity index (χ3n) is 2.56. The van der Waals surface area contributed by atoms with Crippen LogP contribution in [0.2, 0.25) is 0 Å². The Bertz CT molecular complexity index is 613. The molecule has 0 N–H and O–H groups in total. The largest absolute Gasteiger partial charge is 0.454 e. The van der Waals surface area contributed by atoms with Crippen LogP contribution in [-0.2, 0) is 11.3 Å². The molecule has 94 valence electrons. The summed E-state index contributed by atoms with van der Waals surface area (Å²) < 4.78 is 38.6. The molecule has 1 aromatic carbocycles. The van der Waals surface area contributed by atoms with Gasteiger partial charge in [-0.15, -0.1) is 0 Å². The van der Waals surface area contributed by atoms with Gasteiger partial charge in [0.15, 0.2) is 0 Å². The summed E-state index contributed by atoms with van der Waals surface area (Å²) in [5.41, 5.74) is -0.00264. The van der Waals surface area contributed by atoms with Crippen LogP contribution in [0.4, 0.5) is 13.2 Å². The molecular weight excluding hydrogens is 247 g/mol. The monoisotopic (exact) mass is 255 g/mol. The fourth-order valence-electron chi connectivity index (χ4n) is 1.81. The Labute approximate surface area is 99.8 Å². The molecule has 0 unspecified atom stereocenters. The van der Waals surface area contributed by atoms with E-state index in [1.54, 1.807) is 18.2 Å². The second-order valence-corrected chi connectivity index (χ2v) is 3.71. The molecule has 0 atom stereocenters. The topological polar surface area (TPSA) is 39.1 Å². The van der Waals surface area contributed by atoms with Crippen LogP contribution in [0.5, 0.6) is 0 Å². The van der Waals surface area contributed by atoms with Gasteiger partial charge in [-0.1, -0.05) is 18.2 Å². The van der Waals surface area contributed by atoms with Gasteiger partial charge in [-0.2, -0.15) is 13.2 Å². The van der Waals surface area contributed by atoms with Gasteiger partial charge in [0.2, 0.25) is 0 Å². The second-order valence-electron chi connectivity index (χ2n) is 3.71. The number of Topliss-reactive ketones (excluding diaryl/α,β-unsaturated/α-hetero) is 1. The fourth-order valence-corrected chi connectivity index (χ4v) is 1.81. The summed E-state index contributed by atoms with van der Waals surface area (Å²) in [6, 6.07) is 6.16. The average Bonchev–Trinajstić information content (AvgIpc) is 2.67. The number of fused-ring (bicyclic) bond motifs is 1. The Morgan fingerprint density at radius 3 is 2.56 bits per heavy atom. The number of hydrogen-bond acceptors (Lipinski definition) is 2. The van der Waals surface area contributed by atoms with Crippen LogP contribution in [0.15, 0.2) is 30.5 Å². The van der Waals surface area contributed by atoms with Gasteiger partial charge in [-0.3, -0.25) is 4.79 Å². The molecule has 0 fully saturated rings. The van der Waals surface area contributed by atoms with E-state index in [9.17, 15) is 22.8 Å². The molecule has 0 spiro atoms. The molecule has 1 aromatic heterocycles. The first-order chi connectivity index (χ1) is 8.45. The van der Waals surface area contributed by atoms with E-state index in [-0.39, 0.29) is 11.9 Å². The number of hydrogen-bond donors (Lipinski definition) is 0. The zero-order chi connectivity index (χ0) is 13.3. The molecule has 0 aliphatic heterocycles. The molecule has 0 bridgehead atoms. The molecule has 0 amide bonds. The van der Waals surface area contributed by atoms with Crippen LogP contribution in [-0.4, -0.2) is 22.8 Å². The number of para-hydroxylation sites is 1. The van der Waals surface area contributed by atoms with Crippen molar-refractivity contribution in [3.63, 3.8) is 0 Å². The molecular formula is C12H8F3NO2. The molecule has 2 rings (SSSR count). The number of benzene rings is 1. The molecule has 0 aliphatic carbocycles. The highest BCUT2D eigenvalue weighted by Crippen LogP contribution is 2.28. The third kappa shape index (κ3) is 2.01. The van der Waals surface area contributed by atoms with E-state index in [4.69, 9.17) is 0 Å². The number of rotatable bonds is 3. The number of carbonyl (C=O) groups excluding carboxylic acids is 2. The summed E-state index contributed by atoms with van der Waals surface area (Å²) in [5.74, 6) is -1.90. The van der Waals surface area contributed by atoms with E-state index in [2.05, 4.69) is 0 Å². The van der Waals surface area contributed by atoms with Gasteiger partial charge in [0.1, 0.15) is 6.29 Å². The molecule has 1 heterocycles. The highest BCUT2D eigenvalue weighted by Gasteiger charge is 2.40. The van der Waals surface area contributed by atoms with E-state index in [1.165, 1.54) is 10.6 Å². The summed E-state index contributed by atoms with van der Waals surface area (Å²) >= 11 is 0. The van der Waals surface area contributed by atoms with Crippen molar-refractivity contribution in [3.8, 4) is 0 Å². The Morgan fingerprint density at radius 2 is 1.94 bits per heavy atom. The summed E-state index contributed by atoms with van der Waals surface area (Å²) in [4.78, 5) is 21.7. The van der Waals surface area contributed by atoms with Gasteiger partial charge < -0.3 is 9.36 Å². The maximum Gasteiger partial charge on any atom is 0.454 e. The summed E-state index contributed by atoms with van der Waals surface area (Å²) in [7, 11) is 0. The van der Waals surface area contributed by atoms with Crippen LogP contribution in [0, 0.1) is 0 Å². The van der Waals surface area contributed by atoms with Gasteiger partial charge >= 0.3 is 6.18 Å². The van der Waals surface area contributed by atoms with Crippen molar-refractivity contribution in [2.45, 2.75) is 12.7 Å². The van der Waals surface area contributed by atoms with Crippen LogP contribution in [0.3, 0.4) is 0 Å². The van der Waals surface area contributed by atoms with E-state index < -0.39 is 17.5 Å². The molecule has 0 saturated heterocycles. The predicted octanol–water partition coefficient (Wildman–Crippen LogP) is 2.59. The molecule has 6 heteroatoms. The molecule has 2 aromatic rings. The Kier molecular flexibility index (Phi) is 2.94. The van der Waals surface area contributed by atoms with Crippen molar-refractivity contribution < 1.29 is 22.8 Å². The minimum Gasteiger partial charge on any atom is -0.340 e. The third-order valence-corrected chi connectivity index (χ3v) is 2.56. The number of alkyl halides is 3. The summed E-state index contributed by atoms with van der Waals surface area (Å²) in [6.45, 7) is -0.0916. The minimum absolute atomic E-state index is 0.0916. The lowest BCUT2D eigenvalue weighted by Crippen LogP contribution is -2.22. The lowest BCUT2D eigenvalue weighted by molar-refractivity contribution is -0.108. The Balaban J connectivity index is 2.65. The first kappa shape index (κ1) is 12.3. The highest BCUT2D eigenvalue weighted by atomic mass is 19.4. The van der Waals surface area contributed by atoms with Gasteiger partial charge in [0.25, 0.3) is 5.78 Å². The summed E-state index contributed by atoms with van der Waals surface area (Å²) in [5, 5.41) is 0.196. The smallest absolute Gasteiger partial charge is 0.340 e. The Morgan fingerprint density at radius 1 is 1.28 bits per heavy atom. The average molecular weight is 255 g/mol. The summed E-state index contributed by atoms with van der Waals surface area (Å²) in [6.07, 6.45) is -3.29. The zero-order valence-electron chi connectivity index (χ0n) is 9.07. The predicted molar refractivity (Wildman–Crippen MR) is 58.4 cm³/mol. The standard InChI is InChI=1S/C12H8F3NO2/c13-12(14,15)11(18)9-7-16(5-6-17)10-4-2-1-3-8(9)10/h1-4,6-7H,5H2. The number of ketones is 1. The van der Waals surface area contributed by atoms with Crippen LogP contribution in [0.1, 0.15) is 10.4 Å². The molecule has 0 aliphatic rings. The first-order valence-corrected chi connectivity index (χ1v) is 5.08. The number of carbonyl (C=O) groups is 2. The van der Waals surface area contributed by atoms with Crippen molar-refractivity contribution >= 4 is 23.0 Å². The molecule has 3 nitrogen and oxygen atoms in total. The van der Waals surface area contributed by atoms with Crippen molar-refractivity contribution in [2.75, 3.05) is 0 Å². The lowest BCUT2D eigenvalue weighted by Gasteiger charge is -2.02. The lowest BCUT2D eigenvalue weighted by atomic mass is 10.1. The maximum atomic E-state index is 12.4. The van der Waals surface area contributed by atoms with E-state index in [0.29, 0.717) is 11.8 Å². The van der Waals surface area contributed by atoms with Crippen LogP contribution in [0.25, 0.3) is 10.9 Å². The quantitative estimate of drug-likeness (QED) is 0.624. The van der Waals surface area contributed by atoms with Gasteiger partial charge in [0.05, 0.1) is 12.1 Å². The van der Waals surface area contributed by atoms with Crippen molar-refractivity contribution in [3.05, 3.63) is 36.0 Å².